The number of rotatable bonds is 7. The molecular weight excluding hydrogens is 548 g/mol. The summed E-state index contributed by atoms with van der Waals surface area (Å²) in [7, 11) is 0. The predicted octanol–water partition coefficient (Wildman–Crippen LogP) is 4.14. The molecule has 11 heteroatoms. The molecule has 2 aliphatic heterocycles. The molecule has 41 heavy (non-hydrogen) atoms. The van der Waals surface area contributed by atoms with E-state index in [-0.39, 0.29) is 24.3 Å². The third kappa shape index (κ3) is 4.62. The summed E-state index contributed by atoms with van der Waals surface area (Å²) in [4.78, 5) is 36.7. The molecule has 3 aliphatic rings. The highest BCUT2D eigenvalue weighted by Crippen LogP contribution is 2.51. The lowest BCUT2D eigenvalue weighted by atomic mass is 9.87. The number of thiazole rings is 1. The van der Waals surface area contributed by atoms with Crippen molar-refractivity contribution >= 4 is 38.6 Å². The Hall–Kier alpha value is -3.96. The summed E-state index contributed by atoms with van der Waals surface area (Å²) in [6, 6.07) is 11.0. The number of anilines is 1. The number of pyridine rings is 1. The zero-order valence-electron chi connectivity index (χ0n) is 22.2. The highest BCUT2D eigenvalue weighted by Gasteiger charge is 2.52. The second-order valence-electron chi connectivity index (χ2n) is 11.7. The van der Waals surface area contributed by atoms with Crippen molar-refractivity contribution in [3.8, 4) is 11.1 Å². The normalized spacial score (nSPS) is 18.7. The molecule has 210 valence electrons. The predicted molar refractivity (Wildman–Crippen MR) is 151 cm³/mol. The number of hydrogen-bond acceptors (Lipinski definition) is 7. The summed E-state index contributed by atoms with van der Waals surface area (Å²) in [5, 5.41) is 14.0. The Morgan fingerprint density at radius 1 is 1.12 bits per heavy atom. The second kappa shape index (κ2) is 9.02. The fraction of sp³-hybridized carbons (Fsp3) is 0.333. The Morgan fingerprint density at radius 2 is 1.85 bits per heavy atom. The SMILES string of the molecule is CC1(O)CN(c2nc3nc([C@H](CC(N)=O)Cc4cc(F)cc(F)c4)c(-c4ccc5c(c4)C(=O)NC54CC4)cc3s2)C1. The molecule has 1 atom stereocenters. The molecule has 4 heterocycles. The minimum atomic E-state index is -0.779. The monoisotopic (exact) mass is 575 g/mol. The first-order valence-electron chi connectivity index (χ1n) is 13.5. The van der Waals surface area contributed by atoms with Crippen molar-refractivity contribution in [2.75, 3.05) is 18.0 Å². The summed E-state index contributed by atoms with van der Waals surface area (Å²) in [5.74, 6) is -2.74. The lowest BCUT2D eigenvalue weighted by Crippen LogP contribution is -2.60. The maximum Gasteiger partial charge on any atom is 0.252 e. The van der Waals surface area contributed by atoms with Crippen LogP contribution in [0.25, 0.3) is 21.5 Å². The number of carbonyl (C=O) groups is 2. The van der Waals surface area contributed by atoms with E-state index in [2.05, 4.69) is 5.32 Å². The number of aliphatic hydroxyl groups is 1. The molecule has 1 saturated carbocycles. The summed E-state index contributed by atoms with van der Waals surface area (Å²) in [6.07, 6.45) is 1.82. The standard InChI is InChI=1S/C30H27F2N5O3S/c1-29(40)13-37(14-29)28-35-26-23(41-28)12-20(16-2-3-22-21(9-16)27(39)36-30(22)4-5-30)25(34-26)17(10-24(33)38)6-15-7-18(31)11-19(32)8-15/h2-3,7-9,11-12,17,40H,4-6,10,13-14H2,1H3,(H2,33,38)(H,36,39)/t17-/m0/s1. The summed E-state index contributed by atoms with van der Waals surface area (Å²) in [5.41, 5.74) is 8.97. The Labute approximate surface area is 238 Å². The van der Waals surface area contributed by atoms with Crippen LogP contribution < -0.4 is 16.0 Å². The van der Waals surface area contributed by atoms with Crippen LogP contribution in [-0.4, -0.2) is 45.6 Å². The first-order valence-corrected chi connectivity index (χ1v) is 14.3. The van der Waals surface area contributed by atoms with Crippen molar-refractivity contribution in [2.45, 2.75) is 49.7 Å². The van der Waals surface area contributed by atoms with Crippen LogP contribution in [0.15, 0.2) is 42.5 Å². The van der Waals surface area contributed by atoms with Crippen LogP contribution in [-0.2, 0) is 16.8 Å². The highest BCUT2D eigenvalue weighted by molar-refractivity contribution is 7.22. The number of hydrogen-bond donors (Lipinski definition) is 3. The number of aromatic nitrogens is 2. The molecule has 4 N–H and O–H groups in total. The van der Waals surface area contributed by atoms with Gasteiger partial charge in [-0.25, -0.2) is 13.8 Å². The molecule has 0 bridgehead atoms. The van der Waals surface area contributed by atoms with E-state index in [0.717, 1.165) is 34.7 Å². The number of β-amino-alcohol motifs (C(OH)–C–C–N with tert-alkyl or cyclic N) is 1. The summed E-state index contributed by atoms with van der Waals surface area (Å²) < 4.78 is 29.0. The van der Waals surface area contributed by atoms with Crippen LogP contribution in [0.3, 0.4) is 0 Å². The van der Waals surface area contributed by atoms with Crippen LogP contribution in [0.5, 0.6) is 0 Å². The van der Waals surface area contributed by atoms with Gasteiger partial charge in [-0.15, -0.1) is 0 Å². The molecule has 2 aromatic heterocycles. The lowest BCUT2D eigenvalue weighted by Gasteiger charge is -2.43. The highest BCUT2D eigenvalue weighted by atomic mass is 32.1. The molecule has 2 amide bonds. The third-order valence-corrected chi connectivity index (χ3v) is 9.22. The summed E-state index contributed by atoms with van der Waals surface area (Å²) in [6.45, 7) is 2.66. The van der Waals surface area contributed by atoms with Gasteiger partial charge in [0, 0.05) is 29.5 Å². The number of nitrogens with zero attached hydrogens (tertiary/aromatic N) is 3. The first kappa shape index (κ1) is 26.0. The minimum absolute atomic E-state index is 0.107. The number of carbonyl (C=O) groups excluding carboxylic acids is 2. The zero-order valence-corrected chi connectivity index (χ0v) is 23.0. The molecule has 7 rings (SSSR count). The zero-order chi connectivity index (χ0) is 28.7. The van der Waals surface area contributed by atoms with E-state index in [0.29, 0.717) is 46.3 Å². The molecule has 0 unspecified atom stereocenters. The van der Waals surface area contributed by atoms with Gasteiger partial charge in [0.2, 0.25) is 5.91 Å². The number of nitrogens with one attached hydrogen (secondary N) is 1. The van der Waals surface area contributed by atoms with E-state index >= 15 is 0 Å². The molecule has 2 fully saturated rings. The van der Waals surface area contributed by atoms with Crippen LogP contribution >= 0.6 is 11.3 Å². The van der Waals surface area contributed by atoms with E-state index in [1.807, 2.05) is 29.2 Å². The molecule has 1 saturated heterocycles. The van der Waals surface area contributed by atoms with Gasteiger partial charge < -0.3 is 21.1 Å². The van der Waals surface area contributed by atoms with Crippen LogP contribution in [0.2, 0.25) is 0 Å². The fourth-order valence-electron chi connectivity index (χ4n) is 6.16. The molecular formula is C30H27F2N5O3S. The number of benzene rings is 2. The number of primary amides is 1. The molecule has 0 radical (unpaired) electrons. The Kier molecular flexibility index (Phi) is 5.71. The Bertz CT molecular complexity index is 1740. The van der Waals surface area contributed by atoms with Gasteiger partial charge in [-0.3, -0.25) is 9.59 Å². The first-order chi connectivity index (χ1) is 19.5. The van der Waals surface area contributed by atoms with Gasteiger partial charge in [0.15, 0.2) is 10.8 Å². The maximum atomic E-state index is 14.1. The van der Waals surface area contributed by atoms with Crippen LogP contribution in [0.4, 0.5) is 13.9 Å². The largest absolute Gasteiger partial charge is 0.386 e. The average molecular weight is 576 g/mol. The van der Waals surface area contributed by atoms with E-state index in [4.69, 9.17) is 15.7 Å². The quantitative estimate of drug-likeness (QED) is 0.305. The van der Waals surface area contributed by atoms with Gasteiger partial charge in [0.1, 0.15) is 11.6 Å². The number of amides is 2. The summed E-state index contributed by atoms with van der Waals surface area (Å²) >= 11 is 1.44. The fourth-order valence-corrected chi connectivity index (χ4v) is 7.11. The molecule has 2 aromatic carbocycles. The van der Waals surface area contributed by atoms with Crippen molar-refractivity contribution in [1.82, 2.24) is 15.3 Å². The van der Waals surface area contributed by atoms with Gasteiger partial charge >= 0.3 is 0 Å². The number of fused-ring (bicyclic) bond motifs is 3. The van der Waals surface area contributed by atoms with Crippen molar-refractivity contribution < 1.29 is 23.5 Å². The van der Waals surface area contributed by atoms with Crippen molar-refractivity contribution in [3.63, 3.8) is 0 Å². The number of halogens is 2. The molecule has 1 spiro atoms. The van der Waals surface area contributed by atoms with Crippen molar-refractivity contribution in [3.05, 3.63) is 76.5 Å². The minimum Gasteiger partial charge on any atom is -0.386 e. The number of nitrogens with two attached hydrogens (primary N) is 1. The van der Waals surface area contributed by atoms with E-state index in [1.165, 1.54) is 23.5 Å². The lowest BCUT2D eigenvalue weighted by molar-refractivity contribution is -0.118. The van der Waals surface area contributed by atoms with Gasteiger partial charge in [-0.2, -0.15) is 4.98 Å². The molecule has 1 aliphatic carbocycles. The van der Waals surface area contributed by atoms with Crippen molar-refractivity contribution in [2.24, 2.45) is 5.73 Å². The van der Waals surface area contributed by atoms with Gasteiger partial charge in [-0.1, -0.05) is 23.5 Å². The smallest absolute Gasteiger partial charge is 0.252 e. The van der Waals surface area contributed by atoms with Crippen LogP contribution in [0, 0.1) is 11.6 Å². The average Bonchev–Trinajstić information content (AvgIpc) is 3.44. The Balaban J connectivity index is 1.37. The topological polar surface area (TPSA) is 121 Å². The second-order valence-corrected chi connectivity index (χ2v) is 12.7. The van der Waals surface area contributed by atoms with Crippen molar-refractivity contribution in [1.29, 1.82) is 0 Å². The third-order valence-electron chi connectivity index (χ3n) is 8.17. The molecule has 4 aromatic rings. The molecule has 8 nitrogen and oxygen atoms in total. The van der Waals surface area contributed by atoms with E-state index in [9.17, 15) is 23.5 Å². The maximum absolute atomic E-state index is 14.1. The van der Waals surface area contributed by atoms with Gasteiger partial charge in [0.25, 0.3) is 5.91 Å². The van der Waals surface area contributed by atoms with Gasteiger partial charge in [0.05, 0.1) is 34.6 Å². The van der Waals surface area contributed by atoms with E-state index < -0.39 is 29.1 Å². The van der Waals surface area contributed by atoms with Crippen LogP contribution in [0.1, 0.15) is 59.3 Å². The Morgan fingerprint density at radius 3 is 2.51 bits per heavy atom. The van der Waals surface area contributed by atoms with Gasteiger partial charge in [-0.05, 0) is 67.1 Å². The van der Waals surface area contributed by atoms with E-state index in [1.54, 1.807) is 6.92 Å².